The Bertz CT molecular complexity index is 424. The Balaban J connectivity index is 3.04. The first-order valence-corrected chi connectivity index (χ1v) is 5.29. The summed E-state index contributed by atoms with van der Waals surface area (Å²) in [5.74, 6) is -0.339. The predicted molar refractivity (Wildman–Crippen MR) is 70.2 cm³/mol. The Morgan fingerprint density at radius 1 is 1.47 bits per heavy atom. The molecule has 0 atom stereocenters. The van der Waals surface area contributed by atoms with Crippen LogP contribution in [0.3, 0.4) is 0 Å². The molecule has 2 N–H and O–H groups in total. The smallest absolute Gasteiger partial charge is 0.132 e. The highest BCUT2D eigenvalue weighted by Crippen LogP contribution is 2.14. The SMILES string of the molecule is C=CN=C(I)/C=C(\N)c1ccccc1F. The summed E-state index contributed by atoms with van der Waals surface area (Å²) in [7, 11) is 0. The first kappa shape index (κ1) is 11.9. The highest BCUT2D eigenvalue weighted by atomic mass is 127. The van der Waals surface area contributed by atoms with Gasteiger partial charge in [-0.25, -0.2) is 4.39 Å². The molecule has 0 aliphatic rings. The monoisotopic (exact) mass is 316 g/mol. The lowest BCUT2D eigenvalue weighted by molar-refractivity contribution is 0.624. The molecule has 1 aromatic carbocycles. The highest BCUT2D eigenvalue weighted by Gasteiger charge is 2.03. The molecular formula is C11H10FIN2. The molecule has 2 nitrogen and oxygen atoms in total. The number of nitrogens with two attached hydrogens (primary N) is 1. The first-order chi connectivity index (χ1) is 7.15. The van der Waals surface area contributed by atoms with E-state index in [-0.39, 0.29) is 5.82 Å². The molecule has 0 radical (unpaired) electrons. The number of hydrogen-bond acceptors (Lipinski definition) is 2. The summed E-state index contributed by atoms with van der Waals surface area (Å²) >= 11 is 2.00. The van der Waals surface area contributed by atoms with Gasteiger partial charge in [0.25, 0.3) is 0 Å². The van der Waals surface area contributed by atoms with Crippen LogP contribution in [0, 0.1) is 5.82 Å². The maximum Gasteiger partial charge on any atom is 0.132 e. The number of rotatable bonds is 3. The molecule has 4 heteroatoms. The van der Waals surface area contributed by atoms with Crippen molar-refractivity contribution in [1.82, 2.24) is 0 Å². The van der Waals surface area contributed by atoms with Crippen molar-refractivity contribution in [3.63, 3.8) is 0 Å². The molecule has 1 rings (SSSR count). The summed E-state index contributed by atoms with van der Waals surface area (Å²) in [6.07, 6.45) is 3.01. The van der Waals surface area contributed by atoms with Crippen LogP contribution in [0.5, 0.6) is 0 Å². The molecule has 0 aliphatic heterocycles. The molecule has 0 saturated carbocycles. The third kappa shape index (κ3) is 3.47. The minimum Gasteiger partial charge on any atom is -0.398 e. The minimum absolute atomic E-state index is 0.339. The standard InChI is InChI=1S/C11H10FIN2/c1-2-15-11(13)7-10(14)8-5-3-4-6-9(8)12/h2-7H,1,14H2/b10-7-,15-11?. The van der Waals surface area contributed by atoms with Gasteiger partial charge in [0, 0.05) is 17.5 Å². The fourth-order valence-electron chi connectivity index (χ4n) is 1.03. The van der Waals surface area contributed by atoms with Crippen molar-refractivity contribution in [2.45, 2.75) is 0 Å². The van der Waals surface area contributed by atoms with Gasteiger partial charge in [-0.15, -0.1) is 0 Å². The van der Waals surface area contributed by atoms with E-state index >= 15 is 0 Å². The van der Waals surface area contributed by atoms with Crippen LogP contribution >= 0.6 is 22.6 Å². The van der Waals surface area contributed by atoms with Crippen molar-refractivity contribution in [1.29, 1.82) is 0 Å². The molecular weight excluding hydrogens is 306 g/mol. The second-order valence-corrected chi connectivity index (χ2v) is 3.82. The van der Waals surface area contributed by atoms with Gasteiger partial charge >= 0.3 is 0 Å². The summed E-state index contributed by atoms with van der Waals surface area (Å²) in [6.45, 7) is 3.46. The molecule has 0 aromatic heterocycles. The van der Waals surface area contributed by atoms with Gasteiger partial charge in [-0.2, -0.15) is 0 Å². The van der Waals surface area contributed by atoms with E-state index in [0.717, 1.165) is 0 Å². The highest BCUT2D eigenvalue weighted by molar-refractivity contribution is 14.1. The van der Waals surface area contributed by atoms with Gasteiger partial charge in [-0.3, -0.25) is 4.99 Å². The molecule has 78 valence electrons. The van der Waals surface area contributed by atoms with Gasteiger partial charge in [0.05, 0.1) is 0 Å². The van der Waals surface area contributed by atoms with Gasteiger partial charge in [0.15, 0.2) is 0 Å². The number of halogens is 2. The average molecular weight is 316 g/mol. The molecule has 0 aliphatic carbocycles. The lowest BCUT2D eigenvalue weighted by atomic mass is 10.1. The van der Waals surface area contributed by atoms with Crippen LogP contribution in [-0.2, 0) is 0 Å². The minimum atomic E-state index is -0.339. The van der Waals surface area contributed by atoms with E-state index < -0.39 is 0 Å². The van der Waals surface area contributed by atoms with E-state index in [1.165, 1.54) is 12.3 Å². The zero-order chi connectivity index (χ0) is 11.3. The topological polar surface area (TPSA) is 38.4 Å². The van der Waals surface area contributed by atoms with Crippen LogP contribution in [0.25, 0.3) is 5.70 Å². The molecule has 0 amide bonds. The predicted octanol–water partition coefficient (Wildman–Crippen LogP) is 3.10. The van der Waals surface area contributed by atoms with Crippen molar-refractivity contribution >= 4 is 32.0 Å². The Hall–Kier alpha value is -1.17. The van der Waals surface area contributed by atoms with Crippen molar-refractivity contribution in [3.8, 4) is 0 Å². The lowest BCUT2D eigenvalue weighted by Crippen LogP contribution is -2.00. The van der Waals surface area contributed by atoms with Crippen molar-refractivity contribution in [2.75, 3.05) is 0 Å². The van der Waals surface area contributed by atoms with Crippen LogP contribution in [0.1, 0.15) is 5.56 Å². The molecule has 1 aromatic rings. The van der Waals surface area contributed by atoms with Crippen LogP contribution in [-0.4, -0.2) is 3.72 Å². The van der Waals surface area contributed by atoms with Crippen LogP contribution in [0.15, 0.2) is 48.1 Å². The largest absolute Gasteiger partial charge is 0.398 e. The maximum atomic E-state index is 13.3. The van der Waals surface area contributed by atoms with Gasteiger partial charge in [0.2, 0.25) is 0 Å². The number of aliphatic imine (C=N–C) groups is 1. The van der Waals surface area contributed by atoms with Gasteiger partial charge in [-0.1, -0.05) is 18.7 Å². The van der Waals surface area contributed by atoms with E-state index in [4.69, 9.17) is 5.73 Å². The molecule has 0 spiro atoms. The second kappa shape index (κ2) is 5.65. The summed E-state index contributed by atoms with van der Waals surface area (Å²) in [5.41, 5.74) is 6.46. The molecule has 0 unspecified atom stereocenters. The fourth-order valence-corrected chi connectivity index (χ4v) is 1.56. The molecule has 0 fully saturated rings. The lowest BCUT2D eigenvalue weighted by Gasteiger charge is -2.02. The molecule has 15 heavy (non-hydrogen) atoms. The molecule has 0 bridgehead atoms. The number of nitrogens with zero attached hydrogens (tertiary/aromatic N) is 1. The fraction of sp³-hybridized carbons (Fsp3) is 0. The first-order valence-electron chi connectivity index (χ1n) is 4.21. The summed E-state index contributed by atoms with van der Waals surface area (Å²) in [4.78, 5) is 3.91. The Kier molecular flexibility index (Phi) is 4.48. The average Bonchev–Trinajstić information content (AvgIpc) is 2.18. The van der Waals surface area contributed by atoms with Crippen molar-refractivity contribution < 1.29 is 4.39 Å². The second-order valence-electron chi connectivity index (χ2n) is 2.71. The zero-order valence-electron chi connectivity index (χ0n) is 7.95. The van der Waals surface area contributed by atoms with Crippen LogP contribution in [0.4, 0.5) is 4.39 Å². The normalized spacial score (nSPS) is 12.7. The van der Waals surface area contributed by atoms with E-state index in [0.29, 0.717) is 15.0 Å². The third-order valence-electron chi connectivity index (χ3n) is 1.67. The van der Waals surface area contributed by atoms with Crippen molar-refractivity contribution in [3.05, 3.63) is 54.5 Å². The summed E-state index contributed by atoms with van der Waals surface area (Å²) < 4.78 is 13.9. The Labute approximate surface area is 102 Å². The van der Waals surface area contributed by atoms with Gasteiger partial charge in [-0.05, 0) is 40.8 Å². The quantitative estimate of drug-likeness (QED) is 0.675. The summed E-state index contributed by atoms with van der Waals surface area (Å²) in [6, 6.07) is 6.35. The van der Waals surface area contributed by atoms with E-state index in [1.807, 2.05) is 22.6 Å². The van der Waals surface area contributed by atoms with Crippen molar-refractivity contribution in [2.24, 2.45) is 10.7 Å². The van der Waals surface area contributed by atoms with E-state index in [2.05, 4.69) is 11.6 Å². The maximum absolute atomic E-state index is 13.3. The molecule has 0 saturated heterocycles. The summed E-state index contributed by atoms with van der Waals surface area (Å²) in [5, 5.41) is 0. The van der Waals surface area contributed by atoms with Gasteiger partial charge < -0.3 is 5.73 Å². The van der Waals surface area contributed by atoms with Gasteiger partial charge in [0.1, 0.15) is 9.54 Å². The Morgan fingerprint density at radius 2 is 2.13 bits per heavy atom. The van der Waals surface area contributed by atoms with E-state index in [9.17, 15) is 4.39 Å². The zero-order valence-corrected chi connectivity index (χ0v) is 10.1. The van der Waals surface area contributed by atoms with Crippen LogP contribution < -0.4 is 5.73 Å². The number of benzene rings is 1. The van der Waals surface area contributed by atoms with E-state index in [1.54, 1.807) is 24.3 Å². The van der Waals surface area contributed by atoms with Crippen LogP contribution in [0.2, 0.25) is 0 Å². The number of allylic oxidation sites excluding steroid dienone is 1. The Morgan fingerprint density at radius 3 is 2.73 bits per heavy atom. The third-order valence-corrected chi connectivity index (χ3v) is 2.26. The molecule has 0 heterocycles. The number of hydrogen-bond donors (Lipinski definition) is 1.